The highest BCUT2D eigenvalue weighted by Gasteiger charge is 2.59. The normalized spacial score (nSPS) is 39.5. The minimum atomic E-state index is -0.824. The molecule has 0 radical (unpaired) electrons. The minimum absolute atomic E-state index is 0.0133. The highest BCUT2D eigenvalue weighted by atomic mass is 16.5. The Morgan fingerprint density at radius 3 is 2.38 bits per heavy atom. The third-order valence-corrected chi connectivity index (χ3v) is 5.30. The smallest absolute Gasteiger partial charge is 0.248 e. The fourth-order valence-electron chi connectivity index (χ4n) is 3.68. The van der Waals surface area contributed by atoms with Crippen LogP contribution in [0.15, 0.2) is 0 Å². The topological polar surface area (TPSA) is 58.6 Å². The second-order valence-corrected chi connectivity index (χ2v) is 7.56. The third kappa shape index (κ3) is 2.35. The molecule has 118 valence electrons. The molecule has 3 atom stereocenters. The van der Waals surface area contributed by atoms with Crippen LogP contribution in [-0.2, 0) is 14.3 Å². The molecule has 1 N–H and O–H groups in total. The Kier molecular flexibility index (Phi) is 3.32. The molecule has 1 aliphatic carbocycles. The van der Waals surface area contributed by atoms with E-state index in [4.69, 9.17) is 4.74 Å². The number of ether oxygens (including phenoxy) is 1. The van der Waals surface area contributed by atoms with Gasteiger partial charge in [-0.15, -0.1) is 0 Å². The van der Waals surface area contributed by atoms with E-state index in [1.54, 1.807) is 13.8 Å². The number of hydrogen-bond acceptors (Lipinski definition) is 3. The second-order valence-electron chi connectivity index (χ2n) is 7.56. The summed E-state index contributed by atoms with van der Waals surface area (Å²) >= 11 is 0. The van der Waals surface area contributed by atoms with Crippen LogP contribution in [0.5, 0.6) is 0 Å². The van der Waals surface area contributed by atoms with Crippen molar-refractivity contribution in [2.75, 3.05) is 6.54 Å². The van der Waals surface area contributed by atoms with Crippen molar-refractivity contribution >= 4 is 11.8 Å². The van der Waals surface area contributed by atoms with Gasteiger partial charge in [0.15, 0.2) is 0 Å². The van der Waals surface area contributed by atoms with Gasteiger partial charge in [-0.2, -0.15) is 0 Å². The van der Waals surface area contributed by atoms with Crippen molar-refractivity contribution in [3.8, 4) is 0 Å². The van der Waals surface area contributed by atoms with Gasteiger partial charge in [0.1, 0.15) is 11.1 Å². The van der Waals surface area contributed by atoms with Gasteiger partial charge in [-0.3, -0.25) is 9.59 Å². The molecule has 3 fully saturated rings. The summed E-state index contributed by atoms with van der Waals surface area (Å²) in [4.78, 5) is 27.3. The molecule has 2 amide bonds. The lowest BCUT2D eigenvalue weighted by Crippen LogP contribution is -2.74. The summed E-state index contributed by atoms with van der Waals surface area (Å²) in [7, 11) is 0. The molecule has 0 aromatic carbocycles. The third-order valence-electron chi connectivity index (χ3n) is 5.30. The van der Waals surface area contributed by atoms with E-state index in [9.17, 15) is 9.59 Å². The zero-order valence-corrected chi connectivity index (χ0v) is 13.4. The van der Waals surface area contributed by atoms with E-state index in [-0.39, 0.29) is 29.9 Å². The van der Waals surface area contributed by atoms with Crippen molar-refractivity contribution < 1.29 is 14.3 Å². The van der Waals surface area contributed by atoms with Crippen LogP contribution in [0.2, 0.25) is 0 Å². The number of nitrogens with zero attached hydrogens (tertiary/aromatic N) is 1. The number of carbonyl (C=O) groups is 2. The van der Waals surface area contributed by atoms with Gasteiger partial charge in [-0.05, 0) is 59.3 Å². The molecule has 3 aliphatic rings. The zero-order valence-electron chi connectivity index (χ0n) is 13.4. The Labute approximate surface area is 126 Å². The number of nitrogens with one attached hydrogen (secondary N) is 1. The van der Waals surface area contributed by atoms with Gasteiger partial charge in [-0.1, -0.05) is 0 Å². The molecular weight excluding hydrogens is 268 g/mol. The Morgan fingerprint density at radius 2 is 1.86 bits per heavy atom. The Hall–Kier alpha value is -1.10. The van der Waals surface area contributed by atoms with Crippen LogP contribution in [0.4, 0.5) is 0 Å². The van der Waals surface area contributed by atoms with E-state index >= 15 is 0 Å². The van der Waals surface area contributed by atoms with Gasteiger partial charge >= 0.3 is 0 Å². The van der Waals surface area contributed by atoms with Crippen LogP contribution in [-0.4, -0.2) is 46.5 Å². The fraction of sp³-hybridized carbons (Fsp3) is 0.875. The molecule has 0 bridgehead atoms. The first-order chi connectivity index (χ1) is 9.75. The largest absolute Gasteiger partial charge is 0.373 e. The standard InChI is InChI=1S/C16H26N2O3/c1-10-5-8-12(21-10)9-18-14(20)15(2,3)17-13(19)16(18,4)11-6-7-11/h10-12H,5-9H2,1-4H3,(H,17,19). The summed E-state index contributed by atoms with van der Waals surface area (Å²) < 4.78 is 5.88. The lowest BCUT2D eigenvalue weighted by atomic mass is 9.84. The summed E-state index contributed by atoms with van der Waals surface area (Å²) in [5.41, 5.74) is -1.53. The Bertz CT molecular complexity index is 472. The highest BCUT2D eigenvalue weighted by molar-refractivity contribution is 6.02. The summed E-state index contributed by atoms with van der Waals surface area (Å²) in [6.07, 6.45) is 4.36. The van der Waals surface area contributed by atoms with Crippen molar-refractivity contribution in [3.05, 3.63) is 0 Å². The summed E-state index contributed by atoms with van der Waals surface area (Å²) in [5, 5.41) is 2.91. The van der Waals surface area contributed by atoms with E-state index in [1.807, 2.05) is 11.8 Å². The molecule has 5 heteroatoms. The zero-order chi connectivity index (χ0) is 15.4. The van der Waals surface area contributed by atoms with Crippen LogP contribution in [0, 0.1) is 5.92 Å². The second kappa shape index (κ2) is 4.70. The van der Waals surface area contributed by atoms with E-state index in [2.05, 4.69) is 12.2 Å². The first-order valence-electron chi connectivity index (χ1n) is 8.05. The van der Waals surface area contributed by atoms with E-state index in [0.717, 1.165) is 25.7 Å². The van der Waals surface area contributed by atoms with Crippen LogP contribution < -0.4 is 5.32 Å². The average Bonchev–Trinajstić information content (AvgIpc) is 3.17. The first-order valence-corrected chi connectivity index (χ1v) is 8.05. The van der Waals surface area contributed by atoms with Crippen molar-refractivity contribution in [1.29, 1.82) is 0 Å². The van der Waals surface area contributed by atoms with Gasteiger partial charge in [-0.25, -0.2) is 0 Å². The summed E-state index contributed by atoms with van der Waals surface area (Å²) in [6, 6.07) is 0. The van der Waals surface area contributed by atoms with Crippen molar-refractivity contribution in [2.24, 2.45) is 5.92 Å². The Balaban J connectivity index is 1.87. The lowest BCUT2D eigenvalue weighted by Gasteiger charge is -2.50. The summed E-state index contributed by atoms with van der Waals surface area (Å²) in [5.74, 6) is 0.289. The molecule has 21 heavy (non-hydrogen) atoms. The number of hydrogen-bond donors (Lipinski definition) is 1. The molecule has 3 unspecified atom stereocenters. The van der Waals surface area contributed by atoms with Crippen molar-refractivity contribution in [1.82, 2.24) is 10.2 Å². The predicted molar refractivity (Wildman–Crippen MR) is 78.6 cm³/mol. The van der Waals surface area contributed by atoms with Gasteiger partial charge in [0, 0.05) is 6.54 Å². The van der Waals surface area contributed by atoms with E-state index < -0.39 is 11.1 Å². The van der Waals surface area contributed by atoms with Gasteiger partial charge in [0.25, 0.3) is 0 Å². The maximum Gasteiger partial charge on any atom is 0.248 e. The molecule has 1 saturated carbocycles. The van der Waals surface area contributed by atoms with Crippen molar-refractivity contribution in [3.63, 3.8) is 0 Å². The molecule has 5 nitrogen and oxygen atoms in total. The number of piperazine rings is 1. The van der Waals surface area contributed by atoms with Crippen LogP contribution in [0.1, 0.15) is 53.4 Å². The monoisotopic (exact) mass is 294 g/mol. The van der Waals surface area contributed by atoms with Crippen molar-refractivity contribution in [2.45, 2.75) is 76.7 Å². The molecule has 2 heterocycles. The minimum Gasteiger partial charge on any atom is -0.373 e. The predicted octanol–water partition coefficient (Wildman–Crippen LogP) is 1.46. The lowest BCUT2D eigenvalue weighted by molar-refractivity contribution is -0.164. The van der Waals surface area contributed by atoms with Gasteiger partial charge < -0.3 is 15.0 Å². The highest BCUT2D eigenvalue weighted by Crippen LogP contribution is 2.46. The average molecular weight is 294 g/mol. The maximum absolute atomic E-state index is 12.9. The molecule has 2 saturated heterocycles. The van der Waals surface area contributed by atoms with Gasteiger partial charge in [0.05, 0.1) is 12.2 Å². The SMILES string of the molecule is CC1CCC(CN2C(=O)C(C)(C)NC(=O)C2(C)C2CC2)O1. The number of rotatable bonds is 3. The van der Waals surface area contributed by atoms with Crippen LogP contribution in [0.3, 0.4) is 0 Å². The summed E-state index contributed by atoms with van der Waals surface area (Å²) in [6.45, 7) is 8.09. The fourth-order valence-corrected chi connectivity index (χ4v) is 3.68. The van der Waals surface area contributed by atoms with Crippen LogP contribution >= 0.6 is 0 Å². The molecule has 2 aliphatic heterocycles. The molecule has 0 aromatic heterocycles. The first kappa shape index (κ1) is 14.8. The number of carbonyl (C=O) groups excluding carboxylic acids is 2. The van der Waals surface area contributed by atoms with Gasteiger partial charge in [0.2, 0.25) is 11.8 Å². The molecule has 0 aromatic rings. The molecule has 0 spiro atoms. The molecule has 3 rings (SSSR count). The molecular formula is C16H26N2O3. The van der Waals surface area contributed by atoms with Crippen LogP contribution in [0.25, 0.3) is 0 Å². The quantitative estimate of drug-likeness (QED) is 0.857. The Morgan fingerprint density at radius 1 is 1.19 bits per heavy atom. The van der Waals surface area contributed by atoms with E-state index in [0.29, 0.717) is 6.54 Å². The van der Waals surface area contributed by atoms with E-state index in [1.165, 1.54) is 0 Å². The number of amides is 2. The maximum atomic E-state index is 12.9.